The third kappa shape index (κ3) is 6.14. The van der Waals surface area contributed by atoms with Crippen molar-refractivity contribution in [2.75, 3.05) is 18.0 Å². The minimum absolute atomic E-state index is 0.0597. The number of hydrogen-bond donors (Lipinski definition) is 1. The van der Waals surface area contributed by atoms with Crippen LogP contribution < -0.4 is 14.4 Å². The lowest BCUT2D eigenvalue weighted by atomic mass is 9.93. The highest BCUT2D eigenvalue weighted by atomic mass is 35.5. The van der Waals surface area contributed by atoms with Gasteiger partial charge in [0.2, 0.25) is 5.91 Å². The number of halogens is 2. The van der Waals surface area contributed by atoms with Crippen LogP contribution in [0, 0.1) is 6.92 Å². The summed E-state index contributed by atoms with van der Waals surface area (Å²) in [4.78, 5) is 13.3. The molecule has 0 aliphatic heterocycles. The Morgan fingerprint density at radius 1 is 0.972 bits per heavy atom. The Bertz CT molecular complexity index is 1350. The van der Waals surface area contributed by atoms with Gasteiger partial charge >= 0.3 is 0 Å². The molecule has 1 N–H and O–H groups in total. The molecule has 6 nitrogen and oxygen atoms in total. The summed E-state index contributed by atoms with van der Waals surface area (Å²) in [6, 6.07) is 16.0. The predicted molar refractivity (Wildman–Crippen MR) is 146 cm³/mol. The van der Waals surface area contributed by atoms with Gasteiger partial charge in [0.1, 0.15) is 12.3 Å². The fourth-order valence-corrected chi connectivity index (χ4v) is 5.71. The molecule has 1 amide bonds. The Labute approximate surface area is 223 Å². The molecule has 0 bridgehead atoms. The number of amides is 1. The SMILES string of the molecule is COc1cc(C)c([C@H](C)NC(=O)CN(c2ccc(Cl)c(Cl)c2)S(=O)(=O)c2ccccc2)cc1C(C)C. The topological polar surface area (TPSA) is 75.7 Å². The van der Waals surface area contributed by atoms with Crippen LogP contribution in [-0.2, 0) is 14.8 Å². The predicted octanol–water partition coefficient (Wildman–Crippen LogP) is 6.51. The number of benzene rings is 3. The molecule has 3 aromatic rings. The van der Waals surface area contributed by atoms with Crippen molar-refractivity contribution in [1.82, 2.24) is 5.32 Å². The molecule has 0 unspecified atom stereocenters. The first-order valence-electron chi connectivity index (χ1n) is 11.5. The van der Waals surface area contributed by atoms with Gasteiger partial charge in [-0.25, -0.2) is 8.42 Å². The van der Waals surface area contributed by atoms with E-state index in [-0.39, 0.29) is 32.6 Å². The quantitative estimate of drug-likeness (QED) is 0.330. The number of nitrogens with zero attached hydrogens (tertiary/aromatic N) is 1. The minimum atomic E-state index is -4.06. The molecule has 0 spiro atoms. The number of anilines is 1. The lowest BCUT2D eigenvalue weighted by Crippen LogP contribution is -2.41. The number of ether oxygens (including phenoxy) is 1. The summed E-state index contributed by atoms with van der Waals surface area (Å²) >= 11 is 12.2. The summed E-state index contributed by atoms with van der Waals surface area (Å²) in [6.07, 6.45) is 0. The average Bonchev–Trinajstić information content (AvgIpc) is 2.84. The molecular weight excluding hydrogens is 519 g/mol. The van der Waals surface area contributed by atoms with Crippen LogP contribution in [0.1, 0.15) is 49.4 Å². The van der Waals surface area contributed by atoms with E-state index in [0.29, 0.717) is 0 Å². The second-order valence-electron chi connectivity index (χ2n) is 8.82. The van der Waals surface area contributed by atoms with Crippen molar-refractivity contribution in [1.29, 1.82) is 0 Å². The molecule has 3 rings (SSSR count). The number of rotatable bonds is 9. The lowest BCUT2D eigenvalue weighted by molar-refractivity contribution is -0.120. The van der Waals surface area contributed by atoms with Gasteiger partial charge in [0.15, 0.2) is 0 Å². The maximum Gasteiger partial charge on any atom is 0.264 e. The van der Waals surface area contributed by atoms with Crippen LogP contribution in [0.3, 0.4) is 0 Å². The van der Waals surface area contributed by atoms with Gasteiger partial charge < -0.3 is 10.1 Å². The van der Waals surface area contributed by atoms with E-state index in [1.165, 1.54) is 30.3 Å². The summed E-state index contributed by atoms with van der Waals surface area (Å²) in [7, 11) is -2.42. The molecule has 0 aliphatic carbocycles. The Kier molecular flexibility index (Phi) is 8.93. The molecule has 0 aliphatic rings. The van der Waals surface area contributed by atoms with E-state index in [2.05, 4.69) is 19.2 Å². The van der Waals surface area contributed by atoms with Crippen LogP contribution in [0.5, 0.6) is 5.75 Å². The van der Waals surface area contributed by atoms with Gasteiger partial charge in [-0.2, -0.15) is 0 Å². The number of carbonyl (C=O) groups is 1. The highest BCUT2D eigenvalue weighted by Crippen LogP contribution is 2.33. The molecule has 0 saturated heterocycles. The van der Waals surface area contributed by atoms with Gasteiger partial charge in [-0.15, -0.1) is 0 Å². The summed E-state index contributed by atoms with van der Waals surface area (Å²) < 4.78 is 33.6. The summed E-state index contributed by atoms with van der Waals surface area (Å²) in [5.74, 6) is 0.558. The van der Waals surface area contributed by atoms with Crippen LogP contribution in [0.4, 0.5) is 5.69 Å². The maximum absolute atomic E-state index is 13.5. The molecule has 0 aromatic heterocycles. The number of sulfonamides is 1. The van der Waals surface area contributed by atoms with Gasteiger partial charge in [0.05, 0.1) is 33.8 Å². The molecule has 0 fully saturated rings. The second kappa shape index (κ2) is 11.5. The van der Waals surface area contributed by atoms with E-state index in [4.69, 9.17) is 27.9 Å². The molecule has 0 heterocycles. The number of nitrogens with one attached hydrogen (secondary N) is 1. The zero-order valence-electron chi connectivity index (χ0n) is 20.9. The molecule has 9 heteroatoms. The van der Waals surface area contributed by atoms with Crippen molar-refractivity contribution in [3.63, 3.8) is 0 Å². The first kappa shape index (κ1) is 27.8. The standard InChI is InChI=1S/C27H30Cl2N2O4S/c1-17(2)22-15-23(18(3)13-26(22)35-5)19(4)30-27(32)16-31(20-11-12-24(28)25(29)14-20)36(33,34)21-9-7-6-8-10-21/h6-15,17,19H,16H2,1-5H3,(H,30,32)/t19-/m0/s1. The van der Waals surface area contributed by atoms with E-state index in [0.717, 1.165) is 26.7 Å². The molecular formula is C27H30Cl2N2O4S. The molecule has 36 heavy (non-hydrogen) atoms. The fourth-order valence-electron chi connectivity index (χ4n) is 3.98. The largest absolute Gasteiger partial charge is 0.496 e. The first-order chi connectivity index (χ1) is 16.9. The molecule has 192 valence electrons. The fraction of sp³-hybridized carbons (Fsp3) is 0.296. The van der Waals surface area contributed by atoms with E-state index < -0.39 is 22.5 Å². The third-order valence-corrected chi connectivity index (χ3v) is 8.42. The molecule has 0 saturated carbocycles. The lowest BCUT2D eigenvalue weighted by Gasteiger charge is -2.26. The van der Waals surface area contributed by atoms with E-state index >= 15 is 0 Å². The van der Waals surface area contributed by atoms with Crippen molar-refractivity contribution in [3.8, 4) is 5.75 Å². The zero-order chi connectivity index (χ0) is 26.6. The van der Waals surface area contributed by atoms with Crippen LogP contribution in [0.15, 0.2) is 65.6 Å². The van der Waals surface area contributed by atoms with Crippen molar-refractivity contribution < 1.29 is 17.9 Å². The number of aryl methyl sites for hydroxylation is 1. The highest BCUT2D eigenvalue weighted by Gasteiger charge is 2.28. The highest BCUT2D eigenvalue weighted by molar-refractivity contribution is 7.92. The van der Waals surface area contributed by atoms with Crippen molar-refractivity contribution in [3.05, 3.63) is 87.4 Å². The minimum Gasteiger partial charge on any atom is -0.496 e. The van der Waals surface area contributed by atoms with Crippen LogP contribution in [-0.4, -0.2) is 28.0 Å². The van der Waals surface area contributed by atoms with E-state index in [1.54, 1.807) is 25.3 Å². The Balaban J connectivity index is 1.93. The van der Waals surface area contributed by atoms with Crippen molar-refractivity contribution >= 4 is 44.8 Å². The van der Waals surface area contributed by atoms with Gasteiger partial charge in [-0.1, -0.05) is 55.2 Å². The van der Waals surface area contributed by atoms with Crippen molar-refractivity contribution in [2.45, 2.75) is 44.6 Å². The van der Waals surface area contributed by atoms with E-state index in [1.807, 2.05) is 26.0 Å². The van der Waals surface area contributed by atoms with Crippen molar-refractivity contribution in [2.24, 2.45) is 0 Å². The van der Waals surface area contributed by atoms with Crippen LogP contribution in [0.25, 0.3) is 0 Å². The maximum atomic E-state index is 13.5. The van der Waals surface area contributed by atoms with E-state index in [9.17, 15) is 13.2 Å². The molecule has 1 atom stereocenters. The van der Waals surface area contributed by atoms with Gasteiger partial charge in [0.25, 0.3) is 10.0 Å². The van der Waals surface area contributed by atoms with Gasteiger partial charge in [0, 0.05) is 0 Å². The van der Waals surface area contributed by atoms with Gasteiger partial charge in [-0.3, -0.25) is 9.10 Å². The number of carbonyl (C=O) groups excluding carboxylic acids is 1. The Hall–Kier alpha value is -2.74. The molecule has 0 radical (unpaired) electrons. The Morgan fingerprint density at radius 3 is 2.22 bits per heavy atom. The normalized spacial score (nSPS) is 12.3. The Morgan fingerprint density at radius 2 is 1.64 bits per heavy atom. The van der Waals surface area contributed by atoms with Gasteiger partial charge in [-0.05, 0) is 78.9 Å². The first-order valence-corrected chi connectivity index (χ1v) is 13.7. The smallest absolute Gasteiger partial charge is 0.264 e. The summed E-state index contributed by atoms with van der Waals surface area (Å²) in [5.41, 5.74) is 3.16. The number of methoxy groups -OCH3 is 1. The van der Waals surface area contributed by atoms with Crippen LogP contribution >= 0.6 is 23.2 Å². The summed E-state index contributed by atoms with van der Waals surface area (Å²) in [6.45, 7) is 7.53. The third-order valence-electron chi connectivity index (χ3n) is 5.89. The number of hydrogen-bond acceptors (Lipinski definition) is 4. The average molecular weight is 550 g/mol. The second-order valence-corrected chi connectivity index (χ2v) is 11.5. The molecule has 3 aromatic carbocycles. The van der Waals surface area contributed by atoms with Crippen LogP contribution in [0.2, 0.25) is 10.0 Å². The zero-order valence-corrected chi connectivity index (χ0v) is 23.2. The monoisotopic (exact) mass is 548 g/mol. The summed E-state index contributed by atoms with van der Waals surface area (Å²) in [5, 5.41) is 3.42.